The number of hydrogen-bond donors (Lipinski definition) is 2. The van der Waals surface area contributed by atoms with Crippen molar-refractivity contribution < 1.29 is 21.6 Å². The molecule has 1 aliphatic carbocycles. The van der Waals surface area contributed by atoms with Crippen molar-refractivity contribution in [1.29, 1.82) is 0 Å². The summed E-state index contributed by atoms with van der Waals surface area (Å²) in [6, 6.07) is 2.85. The molecule has 118 valence electrons. The second-order valence-electron chi connectivity index (χ2n) is 5.22. The number of aryl methyl sites for hydroxylation is 1. The van der Waals surface area contributed by atoms with Crippen molar-refractivity contribution in [3.05, 3.63) is 17.7 Å². The molecule has 1 fully saturated rings. The van der Waals surface area contributed by atoms with E-state index in [0.717, 1.165) is 12.8 Å². The van der Waals surface area contributed by atoms with Gasteiger partial charge in [-0.25, -0.2) is 22.0 Å². The Morgan fingerprint density at radius 3 is 2.38 bits per heavy atom. The Morgan fingerprint density at radius 1 is 1.29 bits per heavy atom. The summed E-state index contributed by atoms with van der Waals surface area (Å²) in [5.41, 5.74) is 0.645. The summed E-state index contributed by atoms with van der Waals surface area (Å²) >= 11 is 0. The number of nitrogens with two attached hydrogens (primary N) is 1. The zero-order chi connectivity index (χ0) is 15.8. The molecule has 0 atom stereocenters. The first-order chi connectivity index (χ1) is 9.62. The number of anilines is 1. The van der Waals surface area contributed by atoms with Crippen LogP contribution >= 0.6 is 0 Å². The van der Waals surface area contributed by atoms with E-state index in [1.165, 1.54) is 19.2 Å². The lowest BCUT2D eigenvalue weighted by atomic mass is 10.2. The first-order valence-corrected chi connectivity index (χ1v) is 9.54. The van der Waals surface area contributed by atoms with Crippen LogP contribution in [0.5, 0.6) is 5.75 Å². The van der Waals surface area contributed by atoms with E-state index in [4.69, 9.17) is 9.88 Å². The predicted molar refractivity (Wildman–Crippen MR) is 79.2 cm³/mol. The molecule has 21 heavy (non-hydrogen) atoms. The second kappa shape index (κ2) is 5.47. The smallest absolute Gasteiger partial charge is 0.241 e. The van der Waals surface area contributed by atoms with Crippen molar-refractivity contribution in [3.8, 4) is 5.75 Å². The fourth-order valence-corrected chi connectivity index (χ4v) is 4.37. The van der Waals surface area contributed by atoms with E-state index in [0.29, 0.717) is 5.56 Å². The molecule has 3 N–H and O–H groups in total. The largest absolute Gasteiger partial charge is 0.493 e. The van der Waals surface area contributed by atoms with Gasteiger partial charge in [0.1, 0.15) is 4.90 Å². The molecule has 0 aromatic heterocycles. The maximum Gasteiger partial charge on any atom is 0.241 e. The van der Waals surface area contributed by atoms with Crippen molar-refractivity contribution in [2.75, 3.05) is 17.6 Å². The molecule has 0 unspecified atom stereocenters. The highest BCUT2D eigenvalue weighted by atomic mass is 32.2. The normalized spacial score (nSPS) is 15.8. The van der Waals surface area contributed by atoms with Gasteiger partial charge in [-0.2, -0.15) is 0 Å². The maximum absolute atomic E-state index is 12.0. The van der Waals surface area contributed by atoms with Crippen LogP contribution in [0.2, 0.25) is 0 Å². The van der Waals surface area contributed by atoms with Gasteiger partial charge in [0.15, 0.2) is 5.75 Å². The molecule has 1 aromatic rings. The summed E-state index contributed by atoms with van der Waals surface area (Å²) in [7, 11) is -6.30. The number of ether oxygens (including phenoxy) is 1. The minimum absolute atomic E-state index is 0.0226. The van der Waals surface area contributed by atoms with Gasteiger partial charge in [-0.1, -0.05) is 0 Å². The molecule has 0 aliphatic heterocycles. The SMILES string of the molecule is COc1c(NS(=O)(=O)CC2CC2)cc(C)cc1S(N)(=O)=O. The van der Waals surface area contributed by atoms with Crippen molar-refractivity contribution in [1.82, 2.24) is 0 Å². The zero-order valence-electron chi connectivity index (χ0n) is 11.8. The summed E-state index contributed by atoms with van der Waals surface area (Å²) in [4.78, 5) is -0.242. The van der Waals surface area contributed by atoms with E-state index in [1.807, 2.05) is 0 Å². The molecule has 0 heterocycles. The minimum atomic E-state index is -4.02. The quantitative estimate of drug-likeness (QED) is 0.798. The highest BCUT2D eigenvalue weighted by Gasteiger charge is 2.29. The highest BCUT2D eigenvalue weighted by molar-refractivity contribution is 7.92. The lowest BCUT2D eigenvalue weighted by molar-refractivity contribution is 0.405. The van der Waals surface area contributed by atoms with E-state index in [-0.39, 0.29) is 28.0 Å². The monoisotopic (exact) mass is 334 g/mol. The average Bonchev–Trinajstić information content (AvgIpc) is 3.09. The Balaban J connectivity index is 2.45. The van der Waals surface area contributed by atoms with Crippen LogP contribution in [0, 0.1) is 12.8 Å². The third-order valence-corrected chi connectivity index (χ3v) is 5.48. The number of sulfonamides is 2. The van der Waals surface area contributed by atoms with Gasteiger partial charge in [0, 0.05) is 0 Å². The van der Waals surface area contributed by atoms with Crippen LogP contribution < -0.4 is 14.6 Å². The van der Waals surface area contributed by atoms with Gasteiger partial charge in [-0.3, -0.25) is 4.72 Å². The molecule has 0 radical (unpaired) electrons. The van der Waals surface area contributed by atoms with Gasteiger partial charge in [-0.05, 0) is 43.4 Å². The highest BCUT2D eigenvalue weighted by Crippen LogP contribution is 2.35. The van der Waals surface area contributed by atoms with Crippen LogP contribution in [0.3, 0.4) is 0 Å². The predicted octanol–water partition coefficient (Wildman–Crippen LogP) is 0.803. The van der Waals surface area contributed by atoms with Crippen LogP contribution in [0.1, 0.15) is 18.4 Å². The molecule has 1 aromatic carbocycles. The topological polar surface area (TPSA) is 116 Å². The maximum atomic E-state index is 12.0. The zero-order valence-corrected chi connectivity index (χ0v) is 13.4. The molecule has 0 bridgehead atoms. The standard InChI is InChI=1S/C12H18N2O5S2/c1-8-5-10(14-20(15,16)7-9-3-4-9)12(19-2)11(6-8)21(13,17)18/h5-6,9,14H,3-4,7H2,1-2H3,(H2,13,17,18). The van der Waals surface area contributed by atoms with Crippen LogP contribution in [0.15, 0.2) is 17.0 Å². The summed E-state index contributed by atoms with van der Waals surface area (Å²) in [6.45, 7) is 1.65. The first-order valence-electron chi connectivity index (χ1n) is 6.34. The van der Waals surface area contributed by atoms with Crippen molar-refractivity contribution in [2.24, 2.45) is 11.1 Å². The Kier molecular flexibility index (Phi) is 4.18. The Bertz CT molecular complexity index is 752. The van der Waals surface area contributed by atoms with Crippen LogP contribution in [-0.4, -0.2) is 29.7 Å². The third-order valence-electron chi connectivity index (χ3n) is 3.13. The lowest BCUT2D eigenvalue weighted by Crippen LogP contribution is -2.20. The molecule has 1 aliphatic rings. The van der Waals surface area contributed by atoms with Gasteiger partial charge < -0.3 is 4.74 Å². The molecule has 0 amide bonds. The molecule has 7 nitrogen and oxygen atoms in total. The molecular formula is C12H18N2O5S2. The fraction of sp³-hybridized carbons (Fsp3) is 0.500. The molecule has 1 saturated carbocycles. The van der Waals surface area contributed by atoms with Crippen molar-refractivity contribution >= 4 is 25.7 Å². The van der Waals surface area contributed by atoms with Crippen LogP contribution in [-0.2, 0) is 20.0 Å². The first kappa shape index (κ1) is 16.1. The summed E-state index contributed by atoms with van der Waals surface area (Å²) < 4.78 is 54.7. The van der Waals surface area contributed by atoms with Gasteiger partial charge in [0.2, 0.25) is 20.0 Å². The molecular weight excluding hydrogens is 316 g/mol. The van der Waals surface area contributed by atoms with E-state index in [2.05, 4.69) is 4.72 Å². The molecule has 0 saturated heterocycles. The average molecular weight is 334 g/mol. The van der Waals surface area contributed by atoms with E-state index >= 15 is 0 Å². The van der Waals surface area contributed by atoms with Gasteiger partial charge in [0.25, 0.3) is 0 Å². The van der Waals surface area contributed by atoms with Crippen molar-refractivity contribution in [2.45, 2.75) is 24.7 Å². The van der Waals surface area contributed by atoms with Crippen molar-refractivity contribution in [3.63, 3.8) is 0 Å². The molecule has 9 heteroatoms. The number of nitrogens with one attached hydrogen (secondary N) is 1. The summed E-state index contributed by atoms with van der Waals surface area (Å²) in [6.07, 6.45) is 1.79. The van der Waals surface area contributed by atoms with Gasteiger partial charge in [0.05, 0.1) is 18.6 Å². The number of primary sulfonamides is 1. The molecule has 0 spiro atoms. The summed E-state index contributed by atoms with van der Waals surface area (Å²) in [5.74, 6) is 0.105. The van der Waals surface area contributed by atoms with Gasteiger partial charge in [-0.15, -0.1) is 0 Å². The number of rotatable bonds is 6. The lowest BCUT2D eigenvalue weighted by Gasteiger charge is -2.15. The fourth-order valence-electron chi connectivity index (χ4n) is 2.04. The van der Waals surface area contributed by atoms with Gasteiger partial charge >= 0.3 is 0 Å². The minimum Gasteiger partial charge on any atom is -0.493 e. The number of methoxy groups -OCH3 is 1. The van der Waals surface area contributed by atoms with E-state index < -0.39 is 20.0 Å². The molecule has 2 rings (SSSR count). The third kappa shape index (κ3) is 4.08. The van der Waals surface area contributed by atoms with E-state index in [1.54, 1.807) is 6.92 Å². The Labute approximate surface area is 124 Å². The second-order valence-corrected chi connectivity index (χ2v) is 8.51. The number of hydrogen-bond acceptors (Lipinski definition) is 5. The summed E-state index contributed by atoms with van der Waals surface area (Å²) in [5, 5.41) is 5.14. The number of benzene rings is 1. The van der Waals surface area contributed by atoms with E-state index in [9.17, 15) is 16.8 Å². The Hall–Kier alpha value is -1.32. The van der Waals surface area contributed by atoms with Crippen LogP contribution in [0.25, 0.3) is 0 Å². The Morgan fingerprint density at radius 2 is 1.90 bits per heavy atom. The van der Waals surface area contributed by atoms with Crippen LogP contribution in [0.4, 0.5) is 5.69 Å².